The summed E-state index contributed by atoms with van der Waals surface area (Å²) in [7, 11) is 1.74. The lowest BCUT2D eigenvalue weighted by Crippen LogP contribution is -2.49. The molecule has 24 heavy (non-hydrogen) atoms. The summed E-state index contributed by atoms with van der Waals surface area (Å²) in [5.74, 6) is 0.737. The Morgan fingerprint density at radius 2 is 1.83 bits per heavy atom. The fourth-order valence-corrected chi connectivity index (χ4v) is 3.11. The minimum atomic E-state index is -0.481. The Morgan fingerprint density at radius 3 is 2.38 bits per heavy atom. The Kier molecular flexibility index (Phi) is 8.69. The quantitative estimate of drug-likeness (QED) is 0.379. The number of nitrogens with one attached hydrogen (secondary N) is 3. The highest BCUT2D eigenvalue weighted by atomic mass is 32.2. The van der Waals surface area contributed by atoms with Crippen molar-refractivity contribution in [1.29, 1.82) is 0 Å². The van der Waals surface area contributed by atoms with Crippen LogP contribution in [-0.4, -0.2) is 68.6 Å². The first-order valence-electron chi connectivity index (χ1n) is 8.34. The number of guanidine groups is 1. The van der Waals surface area contributed by atoms with Gasteiger partial charge in [-0.2, -0.15) is 11.8 Å². The highest BCUT2D eigenvalue weighted by Crippen LogP contribution is 2.32. The van der Waals surface area contributed by atoms with Crippen molar-refractivity contribution in [3.8, 4) is 0 Å². The van der Waals surface area contributed by atoms with Gasteiger partial charge in [0.05, 0.1) is 0 Å². The molecular formula is C16H32N4O3S. The summed E-state index contributed by atoms with van der Waals surface area (Å²) in [6, 6.07) is 0. The van der Waals surface area contributed by atoms with E-state index in [1.807, 2.05) is 32.5 Å². The number of thioether (sulfide) groups is 1. The highest BCUT2D eigenvalue weighted by molar-refractivity contribution is 8.00. The first-order chi connectivity index (χ1) is 11.3. The third-order valence-corrected chi connectivity index (χ3v) is 5.14. The molecule has 1 fully saturated rings. The van der Waals surface area contributed by atoms with Crippen molar-refractivity contribution in [2.45, 2.75) is 44.0 Å². The van der Waals surface area contributed by atoms with Crippen LogP contribution in [0.25, 0.3) is 0 Å². The molecule has 1 heterocycles. The zero-order valence-electron chi connectivity index (χ0n) is 15.5. The van der Waals surface area contributed by atoms with Crippen LogP contribution in [0.4, 0.5) is 4.79 Å². The average Bonchev–Trinajstić information content (AvgIpc) is 2.53. The lowest BCUT2D eigenvalue weighted by atomic mass is 9.99. The zero-order valence-corrected chi connectivity index (χ0v) is 16.3. The molecule has 0 aromatic rings. The van der Waals surface area contributed by atoms with Gasteiger partial charge in [0.2, 0.25) is 0 Å². The van der Waals surface area contributed by atoms with Gasteiger partial charge in [-0.3, -0.25) is 4.99 Å². The van der Waals surface area contributed by atoms with Crippen LogP contribution in [0.3, 0.4) is 0 Å². The fraction of sp³-hybridized carbons (Fsp3) is 0.875. The predicted molar refractivity (Wildman–Crippen MR) is 99.9 cm³/mol. The van der Waals surface area contributed by atoms with Crippen LogP contribution in [0.1, 0.15) is 33.6 Å². The summed E-state index contributed by atoms with van der Waals surface area (Å²) in [6.45, 7) is 9.04. The number of rotatable bonds is 6. The Morgan fingerprint density at radius 1 is 1.21 bits per heavy atom. The summed E-state index contributed by atoms with van der Waals surface area (Å²) in [5, 5.41) is 9.29. The lowest BCUT2D eigenvalue weighted by molar-refractivity contribution is 0.0529. The van der Waals surface area contributed by atoms with Gasteiger partial charge >= 0.3 is 6.09 Å². The Labute approximate surface area is 149 Å². The molecule has 7 nitrogen and oxygen atoms in total. The van der Waals surface area contributed by atoms with E-state index in [2.05, 4.69) is 27.2 Å². The van der Waals surface area contributed by atoms with Crippen LogP contribution < -0.4 is 16.0 Å². The molecule has 3 N–H and O–H groups in total. The molecule has 0 saturated carbocycles. The maximum absolute atomic E-state index is 11.6. The van der Waals surface area contributed by atoms with Gasteiger partial charge in [-0.25, -0.2) is 4.79 Å². The summed E-state index contributed by atoms with van der Waals surface area (Å²) in [4.78, 5) is 15.8. The Bertz CT molecular complexity index is 418. The van der Waals surface area contributed by atoms with Gasteiger partial charge in [0.15, 0.2) is 5.96 Å². The molecule has 0 unspecified atom stereocenters. The van der Waals surface area contributed by atoms with E-state index in [4.69, 9.17) is 9.47 Å². The van der Waals surface area contributed by atoms with E-state index in [-0.39, 0.29) is 4.75 Å². The number of alkyl carbamates (subject to hydrolysis) is 1. The maximum atomic E-state index is 11.6. The van der Waals surface area contributed by atoms with E-state index >= 15 is 0 Å². The van der Waals surface area contributed by atoms with Crippen molar-refractivity contribution in [2.24, 2.45) is 4.99 Å². The Hall–Kier alpha value is -1.15. The van der Waals surface area contributed by atoms with Gasteiger partial charge in [-0.05, 0) is 39.9 Å². The molecule has 0 atom stereocenters. The second-order valence-electron chi connectivity index (χ2n) is 6.78. The van der Waals surface area contributed by atoms with Gasteiger partial charge < -0.3 is 25.4 Å². The molecule has 0 radical (unpaired) electrons. The molecule has 0 aromatic heterocycles. The maximum Gasteiger partial charge on any atom is 0.407 e. The van der Waals surface area contributed by atoms with E-state index in [0.717, 1.165) is 38.6 Å². The first kappa shape index (κ1) is 20.9. The predicted octanol–water partition coefficient (Wildman–Crippen LogP) is 1.59. The van der Waals surface area contributed by atoms with Crippen molar-refractivity contribution >= 4 is 23.8 Å². The van der Waals surface area contributed by atoms with Crippen molar-refractivity contribution in [2.75, 3.05) is 46.2 Å². The smallest absolute Gasteiger partial charge is 0.407 e. The molecule has 1 aliphatic heterocycles. The second kappa shape index (κ2) is 9.98. The summed E-state index contributed by atoms with van der Waals surface area (Å²) in [5.41, 5.74) is -0.481. The van der Waals surface area contributed by atoms with Crippen molar-refractivity contribution in [1.82, 2.24) is 16.0 Å². The third kappa shape index (κ3) is 8.10. The van der Waals surface area contributed by atoms with E-state index in [1.54, 1.807) is 7.05 Å². The summed E-state index contributed by atoms with van der Waals surface area (Å²) >= 11 is 1.88. The van der Waals surface area contributed by atoms with E-state index in [0.29, 0.717) is 13.1 Å². The molecule has 1 aliphatic rings. The van der Waals surface area contributed by atoms with Crippen LogP contribution in [0.5, 0.6) is 0 Å². The monoisotopic (exact) mass is 360 g/mol. The number of aliphatic imine (C=N–C) groups is 1. The molecule has 0 spiro atoms. The number of hydrogen-bond donors (Lipinski definition) is 3. The van der Waals surface area contributed by atoms with Gasteiger partial charge in [-0.15, -0.1) is 0 Å². The minimum absolute atomic E-state index is 0.199. The van der Waals surface area contributed by atoms with E-state index in [1.165, 1.54) is 0 Å². The number of hydrogen-bond acceptors (Lipinski definition) is 5. The fourth-order valence-electron chi connectivity index (χ4n) is 2.32. The average molecular weight is 361 g/mol. The van der Waals surface area contributed by atoms with Gasteiger partial charge in [0.1, 0.15) is 5.60 Å². The van der Waals surface area contributed by atoms with Crippen LogP contribution in [-0.2, 0) is 9.47 Å². The molecule has 1 saturated heterocycles. The Balaban J connectivity index is 2.26. The van der Waals surface area contributed by atoms with Gasteiger partial charge in [-0.1, -0.05) is 0 Å². The van der Waals surface area contributed by atoms with E-state index < -0.39 is 11.7 Å². The standard InChI is InChI=1S/C16H32N4O3S/c1-15(2,3)23-14(21)19-9-8-18-13(17-4)20-12-16(24-5)6-10-22-11-7-16/h6-12H2,1-5H3,(H,19,21)(H2,17,18,20). The summed E-state index contributed by atoms with van der Waals surface area (Å²) in [6.07, 6.45) is 3.82. The molecule has 140 valence electrons. The normalized spacial score (nSPS) is 18.0. The zero-order chi connectivity index (χ0) is 18.1. The SMILES string of the molecule is CN=C(NCCNC(=O)OC(C)(C)C)NCC1(SC)CCOCC1. The van der Waals surface area contributed by atoms with Crippen LogP contribution in [0.2, 0.25) is 0 Å². The van der Waals surface area contributed by atoms with Crippen LogP contribution in [0, 0.1) is 0 Å². The number of carbonyl (C=O) groups is 1. The number of amides is 1. The molecule has 1 amide bonds. The van der Waals surface area contributed by atoms with Crippen LogP contribution in [0.15, 0.2) is 4.99 Å². The molecule has 0 aliphatic carbocycles. The third-order valence-electron chi connectivity index (χ3n) is 3.72. The van der Waals surface area contributed by atoms with Crippen molar-refractivity contribution in [3.05, 3.63) is 0 Å². The second-order valence-corrected chi connectivity index (χ2v) is 8.05. The molecule has 8 heteroatoms. The van der Waals surface area contributed by atoms with Gasteiger partial charge in [0, 0.05) is 44.6 Å². The van der Waals surface area contributed by atoms with E-state index in [9.17, 15) is 4.79 Å². The molecule has 0 bridgehead atoms. The largest absolute Gasteiger partial charge is 0.444 e. The summed E-state index contributed by atoms with van der Waals surface area (Å²) < 4.78 is 10.8. The topological polar surface area (TPSA) is 84.0 Å². The number of carbonyl (C=O) groups excluding carboxylic acids is 1. The van der Waals surface area contributed by atoms with Crippen LogP contribution >= 0.6 is 11.8 Å². The molecule has 0 aromatic carbocycles. The minimum Gasteiger partial charge on any atom is -0.444 e. The lowest BCUT2D eigenvalue weighted by Gasteiger charge is -2.36. The van der Waals surface area contributed by atoms with Crippen molar-refractivity contribution in [3.63, 3.8) is 0 Å². The number of ether oxygens (including phenoxy) is 2. The molecular weight excluding hydrogens is 328 g/mol. The van der Waals surface area contributed by atoms with Gasteiger partial charge in [0.25, 0.3) is 0 Å². The first-order valence-corrected chi connectivity index (χ1v) is 9.57. The van der Waals surface area contributed by atoms with Crippen molar-refractivity contribution < 1.29 is 14.3 Å². The number of nitrogens with zero attached hydrogens (tertiary/aromatic N) is 1. The molecule has 1 rings (SSSR count). The highest BCUT2D eigenvalue weighted by Gasteiger charge is 2.31.